The molecule has 1 aromatic carbocycles. The van der Waals surface area contributed by atoms with E-state index in [1.54, 1.807) is 17.0 Å². The Morgan fingerprint density at radius 3 is 2.74 bits per heavy atom. The van der Waals surface area contributed by atoms with Crippen LogP contribution in [0.1, 0.15) is 11.3 Å². The Labute approximate surface area is 110 Å². The van der Waals surface area contributed by atoms with E-state index in [-0.39, 0.29) is 5.82 Å². The standard InChI is InChI=1S/C14H14FN3O/c1-17-14(10-2-4-11(15)5-3-10)12-6-7-18(9-19)8-13(12)16-17/h2-5,9H,6-8H2,1H3. The van der Waals surface area contributed by atoms with Crippen LogP contribution in [0, 0.1) is 5.82 Å². The van der Waals surface area contributed by atoms with Crippen molar-refractivity contribution in [2.24, 2.45) is 7.05 Å². The SMILES string of the molecule is Cn1nc2c(c1-c1ccc(F)cc1)CCN(C=O)C2. The number of halogens is 1. The second kappa shape index (κ2) is 4.50. The van der Waals surface area contributed by atoms with E-state index >= 15 is 0 Å². The van der Waals surface area contributed by atoms with Gasteiger partial charge in [0.2, 0.25) is 6.41 Å². The molecule has 1 aliphatic heterocycles. The highest BCUT2D eigenvalue weighted by Gasteiger charge is 2.23. The molecule has 4 nitrogen and oxygen atoms in total. The smallest absolute Gasteiger partial charge is 0.210 e. The number of rotatable bonds is 2. The first-order chi connectivity index (χ1) is 9.19. The number of hydrogen-bond acceptors (Lipinski definition) is 2. The number of amides is 1. The van der Waals surface area contributed by atoms with Gasteiger partial charge in [-0.25, -0.2) is 4.39 Å². The highest BCUT2D eigenvalue weighted by Crippen LogP contribution is 2.29. The van der Waals surface area contributed by atoms with Crippen molar-refractivity contribution >= 4 is 6.41 Å². The van der Waals surface area contributed by atoms with E-state index in [0.717, 1.165) is 35.3 Å². The van der Waals surface area contributed by atoms with Crippen molar-refractivity contribution in [1.29, 1.82) is 0 Å². The molecule has 19 heavy (non-hydrogen) atoms. The molecule has 0 spiro atoms. The van der Waals surface area contributed by atoms with Crippen molar-refractivity contribution in [1.82, 2.24) is 14.7 Å². The summed E-state index contributed by atoms with van der Waals surface area (Å²) in [7, 11) is 1.88. The normalized spacial score (nSPS) is 14.3. The van der Waals surface area contributed by atoms with Gasteiger partial charge in [0, 0.05) is 24.7 Å². The van der Waals surface area contributed by atoms with Gasteiger partial charge in [-0.05, 0) is 30.7 Å². The molecule has 0 saturated carbocycles. The highest BCUT2D eigenvalue weighted by atomic mass is 19.1. The Bertz CT molecular complexity index is 618. The van der Waals surface area contributed by atoms with Crippen molar-refractivity contribution in [2.75, 3.05) is 6.54 Å². The highest BCUT2D eigenvalue weighted by molar-refractivity contribution is 5.65. The van der Waals surface area contributed by atoms with Crippen molar-refractivity contribution in [3.8, 4) is 11.3 Å². The molecule has 0 radical (unpaired) electrons. The summed E-state index contributed by atoms with van der Waals surface area (Å²) in [6.07, 6.45) is 1.64. The van der Waals surface area contributed by atoms with E-state index in [0.29, 0.717) is 13.1 Å². The Morgan fingerprint density at radius 2 is 2.05 bits per heavy atom. The number of carbonyl (C=O) groups is 1. The zero-order valence-electron chi connectivity index (χ0n) is 10.6. The molecule has 2 aromatic rings. The van der Waals surface area contributed by atoms with Crippen molar-refractivity contribution in [3.05, 3.63) is 41.3 Å². The molecule has 0 atom stereocenters. The molecular weight excluding hydrogens is 245 g/mol. The minimum Gasteiger partial charge on any atom is -0.339 e. The van der Waals surface area contributed by atoms with Gasteiger partial charge in [-0.1, -0.05) is 0 Å². The fourth-order valence-corrected chi connectivity index (χ4v) is 2.60. The van der Waals surface area contributed by atoms with E-state index in [1.807, 2.05) is 11.7 Å². The van der Waals surface area contributed by atoms with Crippen LogP contribution in [0.25, 0.3) is 11.3 Å². The van der Waals surface area contributed by atoms with E-state index in [4.69, 9.17) is 0 Å². The second-order valence-electron chi connectivity index (χ2n) is 4.73. The molecule has 2 heterocycles. The topological polar surface area (TPSA) is 38.1 Å². The predicted molar refractivity (Wildman–Crippen MR) is 68.8 cm³/mol. The quantitative estimate of drug-likeness (QED) is 0.770. The van der Waals surface area contributed by atoms with E-state index in [1.165, 1.54) is 12.1 Å². The van der Waals surface area contributed by atoms with E-state index < -0.39 is 0 Å². The lowest BCUT2D eigenvalue weighted by atomic mass is 10.00. The molecule has 0 bridgehead atoms. The molecule has 1 aliphatic rings. The molecule has 0 aliphatic carbocycles. The maximum atomic E-state index is 13.0. The van der Waals surface area contributed by atoms with Gasteiger partial charge in [-0.2, -0.15) is 5.10 Å². The molecule has 98 valence electrons. The van der Waals surface area contributed by atoms with Gasteiger partial charge < -0.3 is 4.90 Å². The van der Waals surface area contributed by atoms with Crippen molar-refractivity contribution in [3.63, 3.8) is 0 Å². The summed E-state index contributed by atoms with van der Waals surface area (Å²) < 4.78 is 14.8. The molecule has 0 unspecified atom stereocenters. The Balaban J connectivity index is 2.06. The first-order valence-corrected chi connectivity index (χ1v) is 6.19. The summed E-state index contributed by atoms with van der Waals surface area (Å²) in [6.45, 7) is 1.25. The maximum Gasteiger partial charge on any atom is 0.210 e. The van der Waals surface area contributed by atoms with Crippen LogP contribution < -0.4 is 0 Å². The zero-order valence-corrected chi connectivity index (χ0v) is 10.6. The van der Waals surface area contributed by atoms with Crippen LogP contribution in [-0.4, -0.2) is 27.6 Å². The van der Waals surface area contributed by atoms with Crippen LogP contribution >= 0.6 is 0 Å². The first kappa shape index (κ1) is 11.9. The number of benzene rings is 1. The number of aromatic nitrogens is 2. The first-order valence-electron chi connectivity index (χ1n) is 6.19. The number of aryl methyl sites for hydroxylation is 1. The minimum atomic E-state index is -0.244. The molecular formula is C14H14FN3O. The Kier molecular flexibility index (Phi) is 2.81. The average Bonchev–Trinajstić information content (AvgIpc) is 2.74. The predicted octanol–water partition coefficient (Wildman–Crippen LogP) is 1.74. The van der Waals surface area contributed by atoms with Gasteiger partial charge in [-0.3, -0.25) is 9.48 Å². The third-order valence-electron chi connectivity index (χ3n) is 3.50. The van der Waals surface area contributed by atoms with Gasteiger partial charge in [0.25, 0.3) is 0 Å². The maximum absolute atomic E-state index is 13.0. The van der Waals surface area contributed by atoms with Gasteiger partial charge >= 0.3 is 0 Å². The van der Waals surface area contributed by atoms with Crippen molar-refractivity contribution < 1.29 is 9.18 Å². The molecule has 0 N–H and O–H groups in total. The zero-order chi connectivity index (χ0) is 13.4. The molecule has 1 aromatic heterocycles. The van der Waals surface area contributed by atoms with Gasteiger partial charge in [-0.15, -0.1) is 0 Å². The van der Waals surface area contributed by atoms with Gasteiger partial charge in [0.15, 0.2) is 0 Å². The molecule has 0 fully saturated rings. The van der Waals surface area contributed by atoms with Crippen LogP contribution in [0.15, 0.2) is 24.3 Å². The number of carbonyl (C=O) groups excluding carboxylic acids is 1. The van der Waals surface area contributed by atoms with Crippen LogP contribution in [0.2, 0.25) is 0 Å². The lowest BCUT2D eigenvalue weighted by Crippen LogP contribution is -2.28. The lowest BCUT2D eigenvalue weighted by Gasteiger charge is -2.22. The molecule has 3 rings (SSSR count). The fraction of sp³-hybridized carbons (Fsp3) is 0.286. The van der Waals surface area contributed by atoms with Gasteiger partial charge in [0.05, 0.1) is 17.9 Å². The summed E-state index contributed by atoms with van der Waals surface area (Å²) in [5, 5.41) is 4.47. The van der Waals surface area contributed by atoms with E-state index in [2.05, 4.69) is 5.10 Å². The largest absolute Gasteiger partial charge is 0.339 e. The summed E-state index contributed by atoms with van der Waals surface area (Å²) in [6, 6.07) is 6.43. The van der Waals surface area contributed by atoms with Crippen LogP contribution in [0.4, 0.5) is 4.39 Å². The second-order valence-corrected chi connectivity index (χ2v) is 4.73. The number of fused-ring (bicyclic) bond motifs is 1. The van der Waals surface area contributed by atoms with Gasteiger partial charge in [0.1, 0.15) is 5.82 Å². The van der Waals surface area contributed by atoms with Crippen molar-refractivity contribution in [2.45, 2.75) is 13.0 Å². The Morgan fingerprint density at radius 1 is 1.32 bits per heavy atom. The summed E-state index contributed by atoms with van der Waals surface area (Å²) in [4.78, 5) is 12.5. The third-order valence-corrected chi connectivity index (χ3v) is 3.50. The third kappa shape index (κ3) is 2.01. The lowest BCUT2D eigenvalue weighted by molar-refractivity contribution is -0.118. The molecule has 1 amide bonds. The minimum absolute atomic E-state index is 0.244. The number of nitrogens with zero attached hydrogens (tertiary/aromatic N) is 3. The monoisotopic (exact) mass is 259 g/mol. The van der Waals surface area contributed by atoms with E-state index in [9.17, 15) is 9.18 Å². The summed E-state index contributed by atoms with van der Waals surface area (Å²) >= 11 is 0. The Hall–Kier alpha value is -2.17. The average molecular weight is 259 g/mol. The molecule has 5 heteroatoms. The summed E-state index contributed by atoms with van der Waals surface area (Å²) in [5.41, 5.74) is 4.06. The summed E-state index contributed by atoms with van der Waals surface area (Å²) in [5.74, 6) is -0.244. The van der Waals surface area contributed by atoms with Crippen LogP contribution in [-0.2, 0) is 24.8 Å². The molecule has 0 saturated heterocycles. The van der Waals surface area contributed by atoms with Crippen LogP contribution in [0.5, 0.6) is 0 Å². The fourth-order valence-electron chi connectivity index (χ4n) is 2.60. The van der Waals surface area contributed by atoms with Crippen LogP contribution in [0.3, 0.4) is 0 Å². The number of hydrogen-bond donors (Lipinski definition) is 0.